The number of phenols is 1. The minimum absolute atomic E-state index is 0.0179. The van der Waals surface area contributed by atoms with Crippen LogP contribution in [0.5, 0.6) is 11.5 Å². The normalized spacial score (nSPS) is 21.3. The van der Waals surface area contributed by atoms with Crippen molar-refractivity contribution in [3.8, 4) is 11.5 Å². The van der Waals surface area contributed by atoms with Gasteiger partial charge >= 0.3 is 0 Å². The highest BCUT2D eigenvalue weighted by Crippen LogP contribution is 2.43. The van der Waals surface area contributed by atoms with Crippen molar-refractivity contribution in [2.75, 3.05) is 0 Å². The van der Waals surface area contributed by atoms with Crippen molar-refractivity contribution in [1.82, 2.24) is 0 Å². The van der Waals surface area contributed by atoms with Crippen LogP contribution < -0.4 is 10.2 Å². The van der Waals surface area contributed by atoms with Gasteiger partial charge in [-0.1, -0.05) is 42.5 Å². The number of aliphatic hydroxyl groups is 2. The van der Waals surface area contributed by atoms with Gasteiger partial charge in [0.1, 0.15) is 40.4 Å². The maximum Gasteiger partial charge on any atom is 0.196 e. The van der Waals surface area contributed by atoms with Crippen molar-refractivity contribution in [3.05, 3.63) is 75.7 Å². The highest BCUT2D eigenvalue weighted by atomic mass is 16.5. The second-order valence-corrected chi connectivity index (χ2v) is 7.46. The molecule has 150 valence electrons. The van der Waals surface area contributed by atoms with E-state index in [1.165, 1.54) is 6.07 Å². The molecule has 0 spiro atoms. The molecule has 3 N–H and O–H groups in total. The van der Waals surface area contributed by atoms with Crippen molar-refractivity contribution in [3.63, 3.8) is 0 Å². The zero-order valence-corrected chi connectivity index (χ0v) is 16.0. The molecule has 0 saturated heterocycles. The molecule has 0 unspecified atom stereocenters. The van der Waals surface area contributed by atoms with E-state index in [-0.39, 0.29) is 28.9 Å². The van der Waals surface area contributed by atoms with E-state index in [0.717, 1.165) is 11.6 Å². The summed E-state index contributed by atoms with van der Waals surface area (Å²) in [6.07, 6.45) is 3.62. The van der Waals surface area contributed by atoms with Crippen LogP contribution in [0.25, 0.3) is 17.0 Å². The molecule has 6 nitrogen and oxygen atoms in total. The lowest BCUT2D eigenvalue weighted by molar-refractivity contribution is -0.0523. The van der Waals surface area contributed by atoms with E-state index < -0.39 is 23.7 Å². The van der Waals surface area contributed by atoms with Gasteiger partial charge in [-0.25, -0.2) is 0 Å². The summed E-state index contributed by atoms with van der Waals surface area (Å²) in [4.78, 5) is 12.3. The Hall–Kier alpha value is -3.09. The van der Waals surface area contributed by atoms with Crippen LogP contribution >= 0.6 is 0 Å². The summed E-state index contributed by atoms with van der Waals surface area (Å²) >= 11 is 0. The molecule has 2 atom stereocenters. The summed E-state index contributed by atoms with van der Waals surface area (Å²) in [5.41, 5.74) is 0.190. The van der Waals surface area contributed by atoms with Gasteiger partial charge < -0.3 is 24.5 Å². The van der Waals surface area contributed by atoms with Gasteiger partial charge in [0, 0.05) is 30.5 Å². The molecular weight excluding hydrogens is 372 g/mol. The Morgan fingerprint density at radius 3 is 2.72 bits per heavy atom. The molecule has 0 fully saturated rings. The quantitative estimate of drug-likeness (QED) is 0.629. The third-order valence-corrected chi connectivity index (χ3v) is 5.34. The van der Waals surface area contributed by atoms with E-state index in [2.05, 4.69) is 0 Å². The largest absolute Gasteiger partial charge is 0.507 e. The van der Waals surface area contributed by atoms with Gasteiger partial charge in [0.15, 0.2) is 5.43 Å². The molecule has 2 heterocycles. The molecular formula is C23H22O6. The van der Waals surface area contributed by atoms with Crippen LogP contribution in [0.1, 0.15) is 30.2 Å². The summed E-state index contributed by atoms with van der Waals surface area (Å²) in [5, 5.41) is 30.6. The van der Waals surface area contributed by atoms with Crippen LogP contribution in [-0.2, 0) is 13.0 Å². The van der Waals surface area contributed by atoms with Crippen molar-refractivity contribution in [2.24, 2.45) is 0 Å². The van der Waals surface area contributed by atoms with Crippen LogP contribution in [0.4, 0.5) is 0 Å². The highest BCUT2D eigenvalue weighted by Gasteiger charge is 2.40. The summed E-state index contributed by atoms with van der Waals surface area (Å²) in [6, 6.07) is 12.5. The predicted octanol–water partition coefficient (Wildman–Crippen LogP) is 3.15. The van der Waals surface area contributed by atoms with Crippen LogP contribution in [-0.4, -0.2) is 27.0 Å². The van der Waals surface area contributed by atoms with Crippen molar-refractivity contribution in [2.45, 2.75) is 38.1 Å². The van der Waals surface area contributed by atoms with Crippen LogP contribution in [0, 0.1) is 0 Å². The highest BCUT2D eigenvalue weighted by molar-refractivity contribution is 5.87. The molecule has 6 heteroatoms. The number of benzene rings is 2. The number of rotatable bonds is 4. The lowest BCUT2D eigenvalue weighted by atomic mass is 9.86. The van der Waals surface area contributed by atoms with Gasteiger partial charge in [-0.15, -0.1) is 0 Å². The Labute approximate surface area is 167 Å². The number of aliphatic hydroxyl groups excluding tert-OH is 2. The third kappa shape index (κ3) is 3.52. The first kappa shape index (κ1) is 19.2. The monoisotopic (exact) mass is 394 g/mol. The van der Waals surface area contributed by atoms with Gasteiger partial charge in [-0.2, -0.15) is 0 Å². The minimum Gasteiger partial charge on any atom is -0.507 e. The molecule has 3 aromatic rings. The first-order valence-corrected chi connectivity index (χ1v) is 9.42. The fraction of sp³-hybridized carbons (Fsp3) is 0.261. The molecule has 1 aromatic heterocycles. The van der Waals surface area contributed by atoms with E-state index in [9.17, 15) is 20.1 Å². The van der Waals surface area contributed by atoms with Crippen molar-refractivity contribution < 1.29 is 24.5 Å². The number of phenolic OH excluding ortho intramolecular Hbond substituents is 1. The van der Waals surface area contributed by atoms with Crippen molar-refractivity contribution >= 4 is 17.0 Å². The number of fused-ring (bicyclic) bond motifs is 2. The smallest absolute Gasteiger partial charge is 0.196 e. The summed E-state index contributed by atoms with van der Waals surface area (Å²) in [5.74, 6) is 0.206. The first-order valence-electron chi connectivity index (χ1n) is 9.42. The Bertz CT molecular complexity index is 1130. The zero-order chi connectivity index (χ0) is 20.6. The standard InChI is InChI=1S/C23H22O6/c1-23(9-5-8-14-6-3-2-4-7-14)20(26)11-16-18(29-23)12-19-21(22(16)27)17(25)10-15(13-24)28-19/h2-8,10,12,20,24,26-27H,9,11,13H2,1H3/t20-,23-/m1/s1. The summed E-state index contributed by atoms with van der Waals surface area (Å²) < 4.78 is 11.6. The first-order chi connectivity index (χ1) is 13.9. The lowest BCUT2D eigenvalue weighted by Gasteiger charge is -2.39. The molecule has 0 radical (unpaired) electrons. The van der Waals surface area contributed by atoms with Gasteiger partial charge in [0.25, 0.3) is 0 Å². The number of hydrogen-bond acceptors (Lipinski definition) is 6. The maximum atomic E-state index is 12.3. The van der Waals surface area contributed by atoms with Gasteiger partial charge in [-0.3, -0.25) is 4.79 Å². The Balaban J connectivity index is 1.69. The molecule has 4 rings (SSSR count). The fourth-order valence-electron chi connectivity index (χ4n) is 3.64. The predicted molar refractivity (Wildman–Crippen MR) is 109 cm³/mol. The Morgan fingerprint density at radius 1 is 1.24 bits per heavy atom. The molecule has 0 bridgehead atoms. The second kappa shape index (κ2) is 7.39. The third-order valence-electron chi connectivity index (χ3n) is 5.34. The average molecular weight is 394 g/mol. The number of aromatic hydroxyl groups is 1. The minimum atomic E-state index is -0.909. The molecule has 0 amide bonds. The van der Waals surface area contributed by atoms with Crippen molar-refractivity contribution in [1.29, 1.82) is 0 Å². The van der Waals surface area contributed by atoms with Gasteiger partial charge in [0.2, 0.25) is 0 Å². The number of ether oxygens (including phenoxy) is 1. The zero-order valence-electron chi connectivity index (χ0n) is 16.0. The van der Waals surface area contributed by atoms with E-state index in [0.29, 0.717) is 17.7 Å². The van der Waals surface area contributed by atoms with Gasteiger partial charge in [0.05, 0.1) is 6.10 Å². The molecule has 1 aliphatic rings. The Kier molecular flexibility index (Phi) is 4.90. The van der Waals surface area contributed by atoms with E-state index in [1.54, 1.807) is 6.92 Å². The van der Waals surface area contributed by atoms with E-state index >= 15 is 0 Å². The van der Waals surface area contributed by atoms with Crippen LogP contribution in [0.15, 0.2) is 57.8 Å². The Morgan fingerprint density at radius 2 is 2.00 bits per heavy atom. The van der Waals surface area contributed by atoms with Gasteiger partial charge in [-0.05, 0) is 12.5 Å². The van der Waals surface area contributed by atoms with E-state index in [1.807, 2.05) is 42.5 Å². The fourth-order valence-corrected chi connectivity index (χ4v) is 3.64. The van der Waals surface area contributed by atoms with Crippen LogP contribution in [0.2, 0.25) is 0 Å². The maximum absolute atomic E-state index is 12.3. The lowest BCUT2D eigenvalue weighted by Crippen LogP contribution is -2.48. The summed E-state index contributed by atoms with van der Waals surface area (Å²) in [6.45, 7) is 1.38. The molecule has 0 aliphatic carbocycles. The summed E-state index contributed by atoms with van der Waals surface area (Å²) in [7, 11) is 0. The molecule has 1 aliphatic heterocycles. The molecule has 2 aromatic carbocycles. The van der Waals surface area contributed by atoms with E-state index in [4.69, 9.17) is 9.15 Å². The number of hydrogen-bond donors (Lipinski definition) is 3. The SMILES string of the molecule is C[C@]1(CC=Cc2ccccc2)Oc2cc3oc(CO)cc(=O)c3c(O)c2C[C@H]1O. The van der Waals surface area contributed by atoms with Crippen LogP contribution in [0.3, 0.4) is 0 Å². The second-order valence-electron chi connectivity index (χ2n) is 7.46. The molecule has 29 heavy (non-hydrogen) atoms. The topological polar surface area (TPSA) is 100 Å². The molecule has 0 saturated carbocycles. The average Bonchev–Trinajstić information content (AvgIpc) is 2.70.